The molecule has 2 aromatic rings. The molecule has 6 heteroatoms. The van der Waals surface area contributed by atoms with E-state index in [1.54, 1.807) is 30.3 Å². The number of hydrogen-bond donors (Lipinski definition) is 1. The second-order valence-electron chi connectivity index (χ2n) is 3.65. The Balaban J connectivity index is 2.43. The van der Waals surface area contributed by atoms with Crippen molar-refractivity contribution in [2.45, 2.75) is 0 Å². The number of anilines is 2. The first-order valence-electron chi connectivity index (χ1n) is 5.13. The van der Waals surface area contributed by atoms with Gasteiger partial charge in [0.15, 0.2) is 0 Å². The Labute approximate surface area is 134 Å². The molecule has 0 aliphatic rings. The molecular weight excluding hydrogens is 370 g/mol. The van der Waals surface area contributed by atoms with E-state index in [4.69, 9.17) is 40.1 Å². The molecule has 0 fully saturated rings. The van der Waals surface area contributed by atoms with Gasteiger partial charge in [0.1, 0.15) is 6.07 Å². The predicted molar refractivity (Wildman–Crippen MR) is 83.6 cm³/mol. The molecule has 0 saturated heterocycles. The van der Waals surface area contributed by atoms with Gasteiger partial charge in [-0.25, -0.2) is 0 Å². The van der Waals surface area contributed by atoms with Crippen LogP contribution < -0.4 is 5.32 Å². The highest BCUT2D eigenvalue weighted by Crippen LogP contribution is 2.37. The van der Waals surface area contributed by atoms with Crippen LogP contribution in [0.5, 0.6) is 0 Å². The predicted octanol–water partition coefficient (Wildman–Crippen LogP) is 6.02. The molecule has 0 heterocycles. The molecule has 0 bridgehead atoms. The van der Waals surface area contributed by atoms with Gasteiger partial charge in [0.2, 0.25) is 0 Å². The van der Waals surface area contributed by atoms with Crippen LogP contribution in [0.4, 0.5) is 11.4 Å². The van der Waals surface area contributed by atoms with Gasteiger partial charge in [0.25, 0.3) is 0 Å². The Morgan fingerprint density at radius 1 is 1.00 bits per heavy atom. The van der Waals surface area contributed by atoms with E-state index in [-0.39, 0.29) is 0 Å². The van der Waals surface area contributed by atoms with Crippen molar-refractivity contribution < 1.29 is 0 Å². The molecule has 0 aromatic heterocycles. The lowest BCUT2D eigenvalue weighted by molar-refractivity contribution is 1.46. The van der Waals surface area contributed by atoms with Crippen molar-refractivity contribution >= 4 is 62.1 Å². The Bertz CT molecular complexity index is 680. The van der Waals surface area contributed by atoms with Crippen LogP contribution in [-0.2, 0) is 0 Å². The molecule has 0 saturated carbocycles. The van der Waals surface area contributed by atoms with Crippen molar-refractivity contribution in [2.75, 3.05) is 5.32 Å². The summed E-state index contributed by atoms with van der Waals surface area (Å²) in [6.07, 6.45) is 0. The van der Waals surface area contributed by atoms with E-state index in [1.165, 1.54) is 0 Å². The van der Waals surface area contributed by atoms with Gasteiger partial charge < -0.3 is 5.32 Å². The molecule has 2 aromatic carbocycles. The Hall–Kier alpha value is -0.920. The molecule has 2 nitrogen and oxygen atoms in total. The minimum Gasteiger partial charge on any atom is -0.353 e. The fraction of sp³-hybridized carbons (Fsp3) is 0. The fourth-order valence-corrected chi connectivity index (χ4v) is 2.48. The minimum atomic E-state index is 0.384. The van der Waals surface area contributed by atoms with E-state index in [0.717, 1.165) is 0 Å². The van der Waals surface area contributed by atoms with E-state index >= 15 is 0 Å². The zero-order valence-electron chi connectivity index (χ0n) is 9.35. The van der Waals surface area contributed by atoms with Gasteiger partial charge in [-0.1, -0.05) is 34.8 Å². The van der Waals surface area contributed by atoms with Crippen molar-refractivity contribution in [3.05, 3.63) is 55.4 Å². The lowest BCUT2D eigenvalue weighted by atomic mass is 10.2. The lowest BCUT2D eigenvalue weighted by Crippen LogP contribution is -1.95. The molecule has 0 aliphatic carbocycles. The number of rotatable bonds is 2. The summed E-state index contributed by atoms with van der Waals surface area (Å²) >= 11 is 21.3. The first-order chi connectivity index (χ1) is 9.02. The molecule has 0 spiro atoms. The third kappa shape index (κ3) is 3.16. The molecule has 0 aliphatic heterocycles. The summed E-state index contributed by atoms with van der Waals surface area (Å²) in [7, 11) is 0. The monoisotopic (exact) mass is 374 g/mol. The summed E-state index contributed by atoms with van der Waals surface area (Å²) < 4.78 is 0.710. The van der Waals surface area contributed by atoms with Crippen LogP contribution in [0.15, 0.2) is 34.8 Å². The standard InChI is InChI=1S/C13H6BrCl3N2/c14-9-2-4-11(13(17)12(9)16)19-10-3-1-8(15)5-7(10)6-18/h1-5,19H. The largest absolute Gasteiger partial charge is 0.353 e. The summed E-state index contributed by atoms with van der Waals surface area (Å²) in [6.45, 7) is 0. The number of benzene rings is 2. The van der Waals surface area contributed by atoms with E-state index in [1.807, 2.05) is 0 Å². The molecule has 0 amide bonds. The zero-order chi connectivity index (χ0) is 14.0. The fourth-order valence-electron chi connectivity index (χ4n) is 1.49. The summed E-state index contributed by atoms with van der Waals surface area (Å²) in [6, 6.07) is 10.6. The van der Waals surface area contributed by atoms with Crippen LogP contribution in [-0.4, -0.2) is 0 Å². The third-order valence-electron chi connectivity index (χ3n) is 2.41. The molecule has 19 heavy (non-hydrogen) atoms. The molecule has 96 valence electrons. The van der Waals surface area contributed by atoms with Crippen LogP contribution >= 0.6 is 50.7 Å². The smallest absolute Gasteiger partial charge is 0.101 e. The van der Waals surface area contributed by atoms with Gasteiger partial charge >= 0.3 is 0 Å². The highest BCUT2D eigenvalue weighted by atomic mass is 79.9. The Morgan fingerprint density at radius 3 is 2.37 bits per heavy atom. The lowest BCUT2D eigenvalue weighted by Gasteiger charge is -2.11. The summed E-state index contributed by atoms with van der Waals surface area (Å²) in [5.41, 5.74) is 1.67. The number of halogens is 4. The van der Waals surface area contributed by atoms with Crippen molar-refractivity contribution in [1.82, 2.24) is 0 Å². The van der Waals surface area contributed by atoms with Crippen LogP contribution in [0.1, 0.15) is 5.56 Å². The van der Waals surface area contributed by atoms with Gasteiger partial charge in [-0.15, -0.1) is 0 Å². The summed E-state index contributed by atoms with van der Waals surface area (Å²) in [5.74, 6) is 0. The second kappa shape index (κ2) is 6.02. The topological polar surface area (TPSA) is 35.8 Å². The second-order valence-corrected chi connectivity index (χ2v) is 5.70. The molecule has 0 unspecified atom stereocenters. The average Bonchev–Trinajstić information content (AvgIpc) is 2.41. The van der Waals surface area contributed by atoms with Gasteiger partial charge in [-0.2, -0.15) is 5.26 Å². The zero-order valence-corrected chi connectivity index (χ0v) is 13.2. The van der Waals surface area contributed by atoms with E-state index in [9.17, 15) is 0 Å². The van der Waals surface area contributed by atoms with Crippen molar-refractivity contribution in [3.8, 4) is 6.07 Å². The van der Waals surface area contributed by atoms with Gasteiger partial charge in [0.05, 0.1) is 27.0 Å². The number of nitriles is 1. The number of nitrogens with zero attached hydrogens (tertiary/aromatic N) is 1. The van der Waals surface area contributed by atoms with Crippen LogP contribution in [0.3, 0.4) is 0 Å². The van der Waals surface area contributed by atoms with Crippen LogP contribution in [0.25, 0.3) is 0 Å². The first-order valence-corrected chi connectivity index (χ1v) is 7.06. The van der Waals surface area contributed by atoms with Crippen molar-refractivity contribution in [3.63, 3.8) is 0 Å². The average molecular weight is 376 g/mol. The maximum atomic E-state index is 9.07. The van der Waals surface area contributed by atoms with Crippen molar-refractivity contribution in [1.29, 1.82) is 5.26 Å². The molecular formula is C13H6BrCl3N2. The maximum Gasteiger partial charge on any atom is 0.101 e. The minimum absolute atomic E-state index is 0.384. The third-order valence-corrected chi connectivity index (χ3v) is 4.41. The first kappa shape index (κ1) is 14.5. The highest BCUT2D eigenvalue weighted by molar-refractivity contribution is 9.10. The maximum absolute atomic E-state index is 9.07. The van der Waals surface area contributed by atoms with Crippen LogP contribution in [0.2, 0.25) is 15.1 Å². The molecule has 2 rings (SSSR count). The van der Waals surface area contributed by atoms with Crippen molar-refractivity contribution in [2.24, 2.45) is 0 Å². The molecule has 1 N–H and O–H groups in total. The van der Waals surface area contributed by atoms with Gasteiger partial charge in [-0.05, 0) is 46.3 Å². The Kier molecular flexibility index (Phi) is 4.59. The quantitative estimate of drug-likeness (QED) is 0.650. The molecule has 0 atom stereocenters. The summed E-state index contributed by atoms with van der Waals surface area (Å²) in [4.78, 5) is 0. The number of hydrogen-bond acceptors (Lipinski definition) is 2. The highest BCUT2D eigenvalue weighted by Gasteiger charge is 2.10. The molecule has 0 radical (unpaired) electrons. The van der Waals surface area contributed by atoms with E-state index in [2.05, 4.69) is 27.3 Å². The van der Waals surface area contributed by atoms with E-state index in [0.29, 0.717) is 36.5 Å². The van der Waals surface area contributed by atoms with Crippen LogP contribution in [0, 0.1) is 11.3 Å². The van der Waals surface area contributed by atoms with Gasteiger partial charge in [0, 0.05) is 9.50 Å². The Morgan fingerprint density at radius 2 is 1.68 bits per heavy atom. The van der Waals surface area contributed by atoms with Gasteiger partial charge in [-0.3, -0.25) is 0 Å². The normalized spacial score (nSPS) is 10.1. The SMILES string of the molecule is N#Cc1cc(Cl)ccc1Nc1ccc(Br)c(Cl)c1Cl. The summed E-state index contributed by atoms with van der Waals surface area (Å²) in [5, 5.41) is 13.4. The van der Waals surface area contributed by atoms with E-state index < -0.39 is 0 Å². The number of nitrogens with one attached hydrogen (secondary N) is 1.